The maximum absolute atomic E-state index is 6.00. The van der Waals surface area contributed by atoms with Crippen molar-refractivity contribution in [2.75, 3.05) is 0 Å². The molecule has 0 unspecified atom stereocenters. The van der Waals surface area contributed by atoms with Crippen molar-refractivity contribution in [2.45, 2.75) is 0 Å². The fraction of sp³-hybridized carbons (Fsp3) is 0. The molecule has 0 bridgehead atoms. The predicted octanol–water partition coefficient (Wildman–Crippen LogP) is 3.80. The van der Waals surface area contributed by atoms with Crippen LogP contribution < -0.4 is 0 Å². The van der Waals surface area contributed by atoms with Crippen LogP contribution in [-0.2, 0) is 0 Å². The molecule has 2 rings (SSSR count). The first-order valence-corrected chi connectivity index (χ1v) is 5.02. The number of benzene rings is 1. The van der Waals surface area contributed by atoms with Crippen molar-refractivity contribution in [3.63, 3.8) is 0 Å². The summed E-state index contributed by atoms with van der Waals surface area (Å²) in [6.07, 6.45) is 1.67. The Morgan fingerprint density at radius 1 is 1.07 bits per heavy atom. The molecule has 1 heterocycles. The lowest BCUT2D eigenvalue weighted by molar-refractivity contribution is 1.31. The molecular weight excluding hydrogens is 206 g/mol. The summed E-state index contributed by atoms with van der Waals surface area (Å²) in [6, 6.07) is 13.7. The Morgan fingerprint density at radius 3 is 2.47 bits per heavy atom. The van der Waals surface area contributed by atoms with Crippen LogP contribution >= 0.6 is 11.6 Å². The first kappa shape index (κ1) is 9.94. The number of pyridine rings is 1. The van der Waals surface area contributed by atoms with Gasteiger partial charge in [0.25, 0.3) is 0 Å². The summed E-state index contributed by atoms with van der Waals surface area (Å²) in [6.45, 7) is 4.03. The van der Waals surface area contributed by atoms with Gasteiger partial charge in [-0.1, -0.05) is 48.5 Å². The molecule has 0 N–H and O–H groups in total. The standard InChI is InChI=1S/C13H10ClN/c1-10(11-6-3-2-4-7-11)12-8-5-9-15-13(12)14/h2-9H,1H2. The van der Waals surface area contributed by atoms with Crippen LogP contribution in [0, 0.1) is 0 Å². The predicted molar refractivity (Wildman–Crippen MR) is 63.8 cm³/mol. The Hall–Kier alpha value is -1.60. The van der Waals surface area contributed by atoms with Gasteiger partial charge in [-0.2, -0.15) is 0 Å². The highest BCUT2D eigenvalue weighted by Crippen LogP contribution is 2.25. The van der Waals surface area contributed by atoms with Gasteiger partial charge in [-0.25, -0.2) is 4.98 Å². The maximum atomic E-state index is 6.00. The first-order chi connectivity index (χ1) is 7.29. The second-order valence-electron chi connectivity index (χ2n) is 3.19. The van der Waals surface area contributed by atoms with Crippen LogP contribution in [0.2, 0.25) is 5.15 Å². The second-order valence-corrected chi connectivity index (χ2v) is 3.54. The fourth-order valence-electron chi connectivity index (χ4n) is 1.41. The normalized spacial score (nSPS) is 9.93. The molecule has 0 atom stereocenters. The van der Waals surface area contributed by atoms with Crippen LogP contribution in [0.25, 0.3) is 5.57 Å². The lowest BCUT2D eigenvalue weighted by Gasteiger charge is -2.06. The van der Waals surface area contributed by atoms with E-state index in [0.717, 1.165) is 16.7 Å². The highest BCUT2D eigenvalue weighted by molar-refractivity contribution is 6.31. The van der Waals surface area contributed by atoms with Gasteiger partial charge in [-0.15, -0.1) is 0 Å². The Balaban J connectivity index is 2.42. The molecule has 15 heavy (non-hydrogen) atoms. The largest absolute Gasteiger partial charge is 0.244 e. The molecule has 0 fully saturated rings. The van der Waals surface area contributed by atoms with Crippen molar-refractivity contribution in [3.05, 3.63) is 71.5 Å². The minimum absolute atomic E-state index is 0.492. The van der Waals surface area contributed by atoms with E-state index in [2.05, 4.69) is 11.6 Å². The molecule has 74 valence electrons. The van der Waals surface area contributed by atoms with Gasteiger partial charge >= 0.3 is 0 Å². The zero-order valence-electron chi connectivity index (χ0n) is 8.15. The molecule has 0 amide bonds. The molecule has 2 heteroatoms. The summed E-state index contributed by atoms with van der Waals surface area (Å²) in [7, 11) is 0. The molecule has 0 saturated carbocycles. The van der Waals surface area contributed by atoms with E-state index in [1.54, 1.807) is 6.20 Å². The van der Waals surface area contributed by atoms with Crippen molar-refractivity contribution >= 4 is 17.2 Å². The number of aromatic nitrogens is 1. The number of rotatable bonds is 2. The van der Waals surface area contributed by atoms with Gasteiger partial charge in [0.1, 0.15) is 5.15 Å². The van der Waals surface area contributed by atoms with Crippen molar-refractivity contribution in [1.29, 1.82) is 0 Å². The van der Waals surface area contributed by atoms with Crippen molar-refractivity contribution in [2.24, 2.45) is 0 Å². The highest BCUT2D eigenvalue weighted by atomic mass is 35.5. The third-order valence-corrected chi connectivity index (χ3v) is 2.51. The SMILES string of the molecule is C=C(c1ccccc1)c1cccnc1Cl. The molecule has 0 aliphatic carbocycles. The zero-order valence-corrected chi connectivity index (χ0v) is 8.91. The summed E-state index contributed by atoms with van der Waals surface area (Å²) < 4.78 is 0. The molecule has 1 nitrogen and oxygen atoms in total. The summed E-state index contributed by atoms with van der Waals surface area (Å²) in [5, 5.41) is 0.492. The minimum atomic E-state index is 0.492. The first-order valence-electron chi connectivity index (χ1n) is 4.64. The molecule has 0 aliphatic heterocycles. The van der Waals surface area contributed by atoms with E-state index in [1.807, 2.05) is 42.5 Å². The third kappa shape index (κ3) is 2.08. The molecule has 0 aliphatic rings. The smallest absolute Gasteiger partial charge is 0.136 e. The van der Waals surface area contributed by atoms with Crippen LogP contribution in [-0.4, -0.2) is 4.98 Å². The fourth-order valence-corrected chi connectivity index (χ4v) is 1.64. The van der Waals surface area contributed by atoms with Crippen molar-refractivity contribution in [3.8, 4) is 0 Å². The molecule has 2 aromatic rings. The molecular formula is C13H10ClN. The van der Waals surface area contributed by atoms with Crippen molar-refractivity contribution in [1.82, 2.24) is 4.98 Å². The van der Waals surface area contributed by atoms with Crippen LogP contribution in [0.3, 0.4) is 0 Å². The Morgan fingerprint density at radius 2 is 1.80 bits per heavy atom. The Bertz CT molecular complexity index is 477. The Labute approximate surface area is 94.1 Å². The summed E-state index contributed by atoms with van der Waals surface area (Å²) in [4.78, 5) is 4.03. The van der Waals surface area contributed by atoms with Gasteiger partial charge in [-0.05, 0) is 23.3 Å². The van der Waals surface area contributed by atoms with Crippen LogP contribution in [0.4, 0.5) is 0 Å². The lowest BCUT2D eigenvalue weighted by Crippen LogP contribution is -1.88. The van der Waals surface area contributed by atoms with E-state index in [1.165, 1.54) is 0 Å². The second kappa shape index (κ2) is 4.28. The van der Waals surface area contributed by atoms with Gasteiger partial charge in [0.05, 0.1) is 0 Å². The zero-order chi connectivity index (χ0) is 10.7. The van der Waals surface area contributed by atoms with Gasteiger partial charge in [0.2, 0.25) is 0 Å². The van der Waals surface area contributed by atoms with Crippen molar-refractivity contribution < 1.29 is 0 Å². The van der Waals surface area contributed by atoms with Gasteiger partial charge in [0, 0.05) is 11.8 Å². The van der Waals surface area contributed by atoms with E-state index >= 15 is 0 Å². The Kier molecular flexibility index (Phi) is 2.84. The van der Waals surface area contributed by atoms with E-state index < -0.39 is 0 Å². The van der Waals surface area contributed by atoms with Gasteiger partial charge in [0.15, 0.2) is 0 Å². The molecule has 0 saturated heterocycles. The monoisotopic (exact) mass is 215 g/mol. The van der Waals surface area contributed by atoms with Gasteiger partial charge in [-0.3, -0.25) is 0 Å². The van der Waals surface area contributed by atoms with Gasteiger partial charge < -0.3 is 0 Å². The topological polar surface area (TPSA) is 12.9 Å². The third-order valence-electron chi connectivity index (χ3n) is 2.21. The quantitative estimate of drug-likeness (QED) is 0.695. The van der Waals surface area contributed by atoms with Crippen LogP contribution in [0.15, 0.2) is 55.2 Å². The molecule has 0 radical (unpaired) electrons. The van der Waals surface area contributed by atoms with E-state index in [0.29, 0.717) is 5.15 Å². The number of nitrogens with zero attached hydrogens (tertiary/aromatic N) is 1. The summed E-state index contributed by atoms with van der Waals surface area (Å²) in [5.74, 6) is 0. The van der Waals surface area contributed by atoms with Crippen LogP contribution in [0.5, 0.6) is 0 Å². The molecule has 1 aromatic heterocycles. The number of hydrogen-bond acceptors (Lipinski definition) is 1. The molecule has 1 aromatic carbocycles. The summed E-state index contributed by atoms with van der Waals surface area (Å²) >= 11 is 6.00. The van der Waals surface area contributed by atoms with E-state index in [4.69, 9.17) is 11.6 Å². The molecule has 0 spiro atoms. The minimum Gasteiger partial charge on any atom is -0.244 e. The van der Waals surface area contributed by atoms with Crippen LogP contribution in [0.1, 0.15) is 11.1 Å². The van der Waals surface area contributed by atoms with E-state index in [9.17, 15) is 0 Å². The number of hydrogen-bond donors (Lipinski definition) is 0. The van der Waals surface area contributed by atoms with E-state index in [-0.39, 0.29) is 0 Å². The maximum Gasteiger partial charge on any atom is 0.136 e. The summed E-state index contributed by atoms with van der Waals surface area (Å²) in [5.41, 5.74) is 2.84. The number of halogens is 1. The average molecular weight is 216 g/mol. The average Bonchev–Trinajstić information content (AvgIpc) is 2.30. The lowest BCUT2D eigenvalue weighted by atomic mass is 10.0. The highest BCUT2D eigenvalue weighted by Gasteiger charge is 2.05.